The van der Waals surface area contributed by atoms with Crippen LogP contribution in [0.2, 0.25) is 0 Å². The maximum Gasteiger partial charge on any atom is 0.205 e. The zero-order valence-electron chi connectivity index (χ0n) is 9.52. The lowest BCUT2D eigenvalue weighted by molar-refractivity contribution is 0.187. The van der Waals surface area contributed by atoms with E-state index in [1.54, 1.807) is 7.11 Å². The van der Waals surface area contributed by atoms with Gasteiger partial charge in [-0.25, -0.2) is 4.98 Å². The highest BCUT2D eigenvalue weighted by molar-refractivity contribution is 5.30. The fraction of sp³-hybridized carbons (Fsp3) is 0.700. The van der Waals surface area contributed by atoms with E-state index in [4.69, 9.17) is 10.5 Å². The largest absolute Gasteiger partial charge is 0.383 e. The third kappa shape index (κ3) is 3.21. The Morgan fingerprint density at radius 2 is 2.40 bits per heavy atom. The molecule has 0 spiro atoms. The van der Waals surface area contributed by atoms with E-state index in [2.05, 4.69) is 21.4 Å². The SMILES string of the molecule is CCN(CCN)c1nccn1CCOC. The second-order valence-corrected chi connectivity index (χ2v) is 3.28. The summed E-state index contributed by atoms with van der Waals surface area (Å²) in [5, 5.41) is 0. The molecule has 0 aliphatic heterocycles. The molecule has 0 unspecified atom stereocenters. The van der Waals surface area contributed by atoms with Gasteiger partial charge in [0.25, 0.3) is 0 Å². The molecule has 0 radical (unpaired) electrons. The molecule has 0 aliphatic rings. The molecule has 1 rings (SSSR count). The predicted molar refractivity (Wildman–Crippen MR) is 61.0 cm³/mol. The summed E-state index contributed by atoms with van der Waals surface area (Å²) >= 11 is 0. The van der Waals surface area contributed by atoms with Gasteiger partial charge in [0.15, 0.2) is 0 Å². The molecule has 0 atom stereocenters. The third-order valence-electron chi connectivity index (χ3n) is 2.29. The van der Waals surface area contributed by atoms with E-state index in [1.807, 2.05) is 12.4 Å². The van der Waals surface area contributed by atoms with Crippen molar-refractivity contribution in [1.82, 2.24) is 9.55 Å². The van der Waals surface area contributed by atoms with E-state index in [9.17, 15) is 0 Å². The van der Waals surface area contributed by atoms with Crippen LogP contribution in [-0.4, -0.2) is 42.9 Å². The van der Waals surface area contributed by atoms with Crippen LogP contribution in [0.4, 0.5) is 5.95 Å². The Hall–Kier alpha value is -1.07. The maximum absolute atomic E-state index is 5.56. The summed E-state index contributed by atoms with van der Waals surface area (Å²) in [6, 6.07) is 0. The highest BCUT2D eigenvalue weighted by Gasteiger charge is 2.09. The van der Waals surface area contributed by atoms with Crippen molar-refractivity contribution in [3.63, 3.8) is 0 Å². The molecule has 0 saturated carbocycles. The van der Waals surface area contributed by atoms with Crippen molar-refractivity contribution in [3.8, 4) is 0 Å². The van der Waals surface area contributed by atoms with Crippen molar-refractivity contribution < 1.29 is 4.74 Å². The Balaban J connectivity index is 2.68. The lowest BCUT2D eigenvalue weighted by atomic mass is 10.5. The van der Waals surface area contributed by atoms with E-state index < -0.39 is 0 Å². The van der Waals surface area contributed by atoms with Gasteiger partial charge in [-0.3, -0.25) is 0 Å². The summed E-state index contributed by atoms with van der Waals surface area (Å²) < 4.78 is 7.14. The average molecular weight is 212 g/mol. The minimum Gasteiger partial charge on any atom is -0.383 e. The van der Waals surface area contributed by atoms with E-state index in [1.165, 1.54) is 0 Å². The highest BCUT2D eigenvalue weighted by atomic mass is 16.5. The fourth-order valence-electron chi connectivity index (χ4n) is 1.50. The summed E-state index contributed by atoms with van der Waals surface area (Å²) in [5.74, 6) is 0.972. The molecule has 0 fully saturated rings. The molecular weight excluding hydrogens is 192 g/mol. The minimum absolute atomic E-state index is 0.644. The number of hydrogen-bond donors (Lipinski definition) is 1. The molecule has 0 bridgehead atoms. The van der Waals surface area contributed by atoms with Crippen LogP contribution in [0.5, 0.6) is 0 Å². The summed E-state index contributed by atoms with van der Waals surface area (Å²) in [6.07, 6.45) is 3.78. The molecule has 0 aliphatic carbocycles. The zero-order valence-corrected chi connectivity index (χ0v) is 9.52. The van der Waals surface area contributed by atoms with E-state index in [0.717, 1.165) is 25.6 Å². The van der Waals surface area contributed by atoms with Gasteiger partial charge in [-0.05, 0) is 6.92 Å². The first kappa shape index (κ1) is 12.0. The number of imidazole rings is 1. The number of likely N-dealkylation sites (N-methyl/N-ethyl adjacent to an activating group) is 1. The predicted octanol–water partition coefficient (Wildman–Crippen LogP) is 0.314. The molecule has 15 heavy (non-hydrogen) atoms. The van der Waals surface area contributed by atoms with Gasteiger partial charge in [0.05, 0.1) is 6.61 Å². The Morgan fingerprint density at radius 3 is 3.00 bits per heavy atom. The van der Waals surface area contributed by atoms with E-state index >= 15 is 0 Å². The van der Waals surface area contributed by atoms with Gasteiger partial charge in [-0.1, -0.05) is 0 Å². The molecule has 0 amide bonds. The van der Waals surface area contributed by atoms with E-state index in [0.29, 0.717) is 13.2 Å². The van der Waals surface area contributed by atoms with Gasteiger partial charge in [-0.2, -0.15) is 0 Å². The second-order valence-electron chi connectivity index (χ2n) is 3.28. The van der Waals surface area contributed by atoms with Crippen LogP contribution in [0, 0.1) is 0 Å². The second kappa shape index (κ2) is 6.42. The molecular formula is C10H20N4O. The first-order valence-electron chi connectivity index (χ1n) is 5.28. The monoisotopic (exact) mass is 212 g/mol. The number of aromatic nitrogens is 2. The Morgan fingerprint density at radius 1 is 1.60 bits per heavy atom. The Kier molecular flexibility index (Phi) is 5.14. The van der Waals surface area contributed by atoms with Gasteiger partial charge in [0, 0.05) is 45.7 Å². The van der Waals surface area contributed by atoms with Crippen LogP contribution in [0.3, 0.4) is 0 Å². The van der Waals surface area contributed by atoms with Crippen LogP contribution in [0.25, 0.3) is 0 Å². The van der Waals surface area contributed by atoms with Crippen molar-refractivity contribution in [2.75, 3.05) is 38.3 Å². The molecule has 1 aromatic heterocycles. The van der Waals surface area contributed by atoms with Gasteiger partial charge < -0.3 is 19.9 Å². The summed E-state index contributed by atoms with van der Waals surface area (Å²) in [4.78, 5) is 6.50. The number of anilines is 1. The third-order valence-corrected chi connectivity index (χ3v) is 2.29. The van der Waals surface area contributed by atoms with Crippen LogP contribution >= 0.6 is 0 Å². The first-order chi connectivity index (χ1) is 7.33. The molecule has 0 aromatic carbocycles. The molecule has 2 N–H and O–H groups in total. The number of nitrogens with two attached hydrogens (primary N) is 1. The van der Waals surface area contributed by atoms with Crippen molar-refractivity contribution >= 4 is 5.95 Å². The van der Waals surface area contributed by atoms with Crippen molar-refractivity contribution in [3.05, 3.63) is 12.4 Å². The van der Waals surface area contributed by atoms with E-state index in [-0.39, 0.29) is 0 Å². The van der Waals surface area contributed by atoms with Gasteiger partial charge in [0.2, 0.25) is 5.95 Å². The molecule has 5 heteroatoms. The number of nitrogens with zero attached hydrogens (tertiary/aromatic N) is 3. The summed E-state index contributed by atoms with van der Waals surface area (Å²) in [7, 11) is 1.70. The smallest absolute Gasteiger partial charge is 0.205 e. The summed E-state index contributed by atoms with van der Waals surface area (Å²) in [5.41, 5.74) is 5.56. The highest BCUT2D eigenvalue weighted by Crippen LogP contribution is 2.10. The Labute approximate surface area is 90.8 Å². The van der Waals surface area contributed by atoms with Crippen molar-refractivity contribution in [1.29, 1.82) is 0 Å². The first-order valence-corrected chi connectivity index (χ1v) is 5.28. The average Bonchev–Trinajstić information content (AvgIpc) is 2.71. The number of ether oxygens (including phenoxy) is 1. The normalized spacial score (nSPS) is 10.6. The maximum atomic E-state index is 5.56. The topological polar surface area (TPSA) is 56.3 Å². The number of hydrogen-bond acceptors (Lipinski definition) is 4. The Bertz CT molecular complexity index is 274. The molecule has 1 aromatic rings. The van der Waals surface area contributed by atoms with Crippen LogP contribution < -0.4 is 10.6 Å². The number of methoxy groups -OCH3 is 1. The molecule has 1 heterocycles. The molecule has 86 valence electrons. The van der Waals surface area contributed by atoms with Gasteiger partial charge in [-0.15, -0.1) is 0 Å². The quantitative estimate of drug-likeness (QED) is 0.707. The van der Waals surface area contributed by atoms with Crippen LogP contribution in [-0.2, 0) is 11.3 Å². The van der Waals surface area contributed by atoms with Crippen molar-refractivity contribution in [2.45, 2.75) is 13.5 Å². The van der Waals surface area contributed by atoms with Crippen LogP contribution in [0.1, 0.15) is 6.92 Å². The lowest BCUT2D eigenvalue weighted by Gasteiger charge is -2.22. The lowest BCUT2D eigenvalue weighted by Crippen LogP contribution is -2.31. The molecule has 5 nitrogen and oxygen atoms in total. The zero-order chi connectivity index (χ0) is 11.1. The standard InChI is InChI=1S/C10H20N4O/c1-3-13(6-4-11)10-12-5-7-14(10)8-9-15-2/h5,7H,3-4,6,8-9,11H2,1-2H3. The van der Waals surface area contributed by atoms with Gasteiger partial charge in [0.1, 0.15) is 0 Å². The summed E-state index contributed by atoms with van der Waals surface area (Å²) in [6.45, 7) is 6.02. The fourth-order valence-corrected chi connectivity index (χ4v) is 1.50. The minimum atomic E-state index is 0.644. The van der Waals surface area contributed by atoms with Gasteiger partial charge >= 0.3 is 0 Å². The van der Waals surface area contributed by atoms with Crippen LogP contribution in [0.15, 0.2) is 12.4 Å². The van der Waals surface area contributed by atoms with Crippen molar-refractivity contribution in [2.24, 2.45) is 5.73 Å². The number of rotatable bonds is 7. The molecule has 0 saturated heterocycles.